The van der Waals surface area contributed by atoms with Crippen molar-refractivity contribution in [3.8, 4) is 0 Å². The van der Waals surface area contributed by atoms with Crippen LogP contribution >= 0.6 is 15.9 Å². The number of aromatic nitrogens is 4. The van der Waals surface area contributed by atoms with Crippen LogP contribution in [0.3, 0.4) is 0 Å². The number of nitrogens with zero attached hydrogens (tertiary/aromatic N) is 6. The van der Waals surface area contributed by atoms with E-state index in [1.54, 1.807) is 26.1 Å². The molecule has 2 fully saturated rings. The van der Waals surface area contributed by atoms with Gasteiger partial charge in [-0.1, -0.05) is 0 Å². The van der Waals surface area contributed by atoms with Gasteiger partial charge >= 0.3 is 0 Å². The van der Waals surface area contributed by atoms with Gasteiger partial charge in [0, 0.05) is 42.8 Å². The second-order valence-corrected chi connectivity index (χ2v) is 12.2. The molecule has 0 saturated carbocycles. The molecule has 9 nitrogen and oxygen atoms in total. The highest BCUT2D eigenvalue weighted by atomic mass is 79.9. The van der Waals surface area contributed by atoms with Crippen molar-refractivity contribution in [3.05, 3.63) is 52.1 Å². The molecule has 0 aliphatic carbocycles. The molecule has 2 aliphatic rings. The van der Waals surface area contributed by atoms with Crippen LogP contribution in [0.5, 0.6) is 0 Å². The van der Waals surface area contributed by atoms with E-state index < -0.39 is 11.4 Å². The number of hydrogen-bond acceptors (Lipinski definition) is 8. The second kappa shape index (κ2) is 11.5. The molecule has 0 radical (unpaired) electrons. The van der Waals surface area contributed by atoms with E-state index >= 15 is 0 Å². The summed E-state index contributed by atoms with van der Waals surface area (Å²) >= 11 is 3.50. The normalized spacial score (nSPS) is 18.4. The first-order valence-corrected chi connectivity index (χ1v) is 14.4. The average Bonchev–Trinajstić information content (AvgIpc) is 3.27. The quantitative estimate of drug-likeness (QED) is 0.335. The van der Waals surface area contributed by atoms with Crippen LogP contribution in [-0.2, 0) is 5.60 Å². The molecule has 2 saturated heterocycles. The van der Waals surface area contributed by atoms with Crippen molar-refractivity contribution in [2.24, 2.45) is 0 Å². The molecular weight excluding hydrogens is 563 g/mol. The zero-order chi connectivity index (χ0) is 27.7. The summed E-state index contributed by atoms with van der Waals surface area (Å²) < 4.78 is 16.6. The van der Waals surface area contributed by atoms with Crippen LogP contribution in [-0.4, -0.2) is 73.9 Å². The molecule has 5 rings (SSSR count). The van der Waals surface area contributed by atoms with Gasteiger partial charge in [0.05, 0.1) is 27.5 Å². The lowest BCUT2D eigenvalue weighted by atomic mass is 9.96. The number of benzene rings is 1. The predicted octanol–water partition coefficient (Wildman–Crippen LogP) is 5.33. The van der Waals surface area contributed by atoms with Gasteiger partial charge < -0.3 is 25.5 Å². The number of anilines is 4. The second-order valence-electron chi connectivity index (χ2n) is 11.3. The monoisotopic (exact) mass is 600 g/mol. The lowest BCUT2D eigenvalue weighted by molar-refractivity contribution is 0.0790. The Morgan fingerprint density at radius 1 is 1.03 bits per heavy atom. The Bertz CT molecular complexity index is 1290. The number of rotatable bonds is 7. The highest BCUT2D eigenvalue weighted by Crippen LogP contribution is 2.33. The van der Waals surface area contributed by atoms with Gasteiger partial charge in [0.2, 0.25) is 5.95 Å². The summed E-state index contributed by atoms with van der Waals surface area (Å²) in [5.74, 6) is 0.491. The van der Waals surface area contributed by atoms with Crippen LogP contribution in [0.15, 0.2) is 35.1 Å². The van der Waals surface area contributed by atoms with Crippen LogP contribution in [0, 0.1) is 12.7 Å². The number of aryl methyl sites for hydroxylation is 1. The van der Waals surface area contributed by atoms with E-state index in [2.05, 4.69) is 64.3 Å². The number of piperidine rings is 2. The summed E-state index contributed by atoms with van der Waals surface area (Å²) in [5.41, 5.74) is 1.50. The summed E-state index contributed by atoms with van der Waals surface area (Å²) in [7, 11) is 2.21. The Hall–Kier alpha value is -2.60. The number of halogens is 2. The molecule has 0 atom stereocenters. The molecule has 11 heteroatoms. The first-order chi connectivity index (χ1) is 18.6. The molecule has 3 N–H and O–H groups in total. The highest BCUT2D eigenvalue weighted by Gasteiger charge is 2.29. The van der Waals surface area contributed by atoms with Crippen molar-refractivity contribution >= 4 is 39.1 Å². The Kier molecular flexibility index (Phi) is 8.23. The van der Waals surface area contributed by atoms with Gasteiger partial charge in [-0.2, -0.15) is 10.1 Å². The Morgan fingerprint density at radius 2 is 1.72 bits per heavy atom. The lowest BCUT2D eigenvalue weighted by Gasteiger charge is -2.41. The Labute approximate surface area is 238 Å². The average molecular weight is 602 g/mol. The summed E-state index contributed by atoms with van der Waals surface area (Å²) in [5, 5.41) is 21.9. The van der Waals surface area contributed by atoms with E-state index in [1.807, 2.05) is 6.92 Å². The molecular formula is C28H38BrFN8O. The molecule has 2 aliphatic heterocycles. The number of nitrogens with one attached hydrogen (secondary N) is 2. The van der Waals surface area contributed by atoms with Crippen molar-refractivity contribution in [1.29, 1.82) is 0 Å². The maximum atomic E-state index is 13.9. The van der Waals surface area contributed by atoms with Gasteiger partial charge in [-0.15, -0.1) is 0 Å². The number of aliphatic hydroxyl groups is 1. The third-order valence-corrected chi connectivity index (χ3v) is 8.46. The molecule has 1 aromatic carbocycles. The van der Waals surface area contributed by atoms with Crippen LogP contribution < -0.4 is 10.6 Å². The standard InChI is InChI=1S/C28H38BrFN8O/c1-18-25(17-38(35-18)21-9-13-37(14-10-21)20-7-11-36(4)12-8-20)33-27-31-16-23(29)26(34-27)32-24-6-5-19(30)15-22(24)28(2,3)39/h5-6,15-17,20-21,39H,7-14H2,1-4H3,(H2,31,32,33,34). The topological polar surface area (TPSA) is 94.4 Å². The van der Waals surface area contributed by atoms with Crippen molar-refractivity contribution in [2.75, 3.05) is 43.9 Å². The van der Waals surface area contributed by atoms with Gasteiger partial charge in [0.15, 0.2) is 0 Å². The maximum Gasteiger partial charge on any atom is 0.229 e. The van der Waals surface area contributed by atoms with Crippen LogP contribution in [0.4, 0.5) is 27.5 Å². The van der Waals surface area contributed by atoms with Crippen LogP contribution in [0.25, 0.3) is 0 Å². The highest BCUT2D eigenvalue weighted by molar-refractivity contribution is 9.10. The minimum atomic E-state index is -1.24. The molecule has 3 aromatic rings. The zero-order valence-corrected chi connectivity index (χ0v) is 24.7. The fourth-order valence-corrected chi connectivity index (χ4v) is 5.85. The zero-order valence-electron chi connectivity index (χ0n) is 23.1. The van der Waals surface area contributed by atoms with Crippen molar-refractivity contribution in [1.82, 2.24) is 29.5 Å². The van der Waals surface area contributed by atoms with E-state index in [4.69, 9.17) is 5.10 Å². The molecule has 0 spiro atoms. The minimum Gasteiger partial charge on any atom is -0.386 e. The van der Waals surface area contributed by atoms with Gasteiger partial charge in [-0.3, -0.25) is 4.68 Å². The SMILES string of the molecule is Cc1nn(C2CCN(C3CCN(C)CC3)CC2)cc1Nc1ncc(Br)c(Nc2ccc(F)cc2C(C)(C)O)n1. The van der Waals surface area contributed by atoms with E-state index in [-0.39, 0.29) is 0 Å². The summed E-state index contributed by atoms with van der Waals surface area (Å²) in [6, 6.07) is 5.36. The van der Waals surface area contributed by atoms with Gasteiger partial charge in [-0.05, 0) is 101 Å². The molecule has 210 valence electrons. The fourth-order valence-electron chi connectivity index (χ4n) is 5.56. The molecule has 4 heterocycles. The Balaban J connectivity index is 1.26. The minimum absolute atomic E-state index is 0.378. The summed E-state index contributed by atoms with van der Waals surface area (Å²) in [4.78, 5) is 14.2. The van der Waals surface area contributed by atoms with E-state index in [0.717, 1.165) is 37.3 Å². The first-order valence-electron chi connectivity index (χ1n) is 13.6. The largest absolute Gasteiger partial charge is 0.386 e. The van der Waals surface area contributed by atoms with E-state index in [0.29, 0.717) is 39.6 Å². The predicted molar refractivity (Wildman–Crippen MR) is 155 cm³/mol. The molecule has 0 unspecified atom stereocenters. The first kappa shape index (κ1) is 27.9. The summed E-state index contributed by atoms with van der Waals surface area (Å²) in [6.07, 6.45) is 8.42. The third kappa shape index (κ3) is 6.59. The van der Waals surface area contributed by atoms with Crippen molar-refractivity contribution in [3.63, 3.8) is 0 Å². The Morgan fingerprint density at radius 3 is 2.41 bits per heavy atom. The molecule has 0 amide bonds. The maximum absolute atomic E-state index is 13.9. The smallest absolute Gasteiger partial charge is 0.229 e. The van der Waals surface area contributed by atoms with Crippen LogP contribution in [0.1, 0.15) is 56.8 Å². The lowest BCUT2D eigenvalue weighted by Crippen LogP contribution is -2.47. The van der Waals surface area contributed by atoms with E-state index in [9.17, 15) is 9.50 Å². The van der Waals surface area contributed by atoms with Crippen LogP contribution in [0.2, 0.25) is 0 Å². The molecule has 2 aromatic heterocycles. The number of likely N-dealkylation sites (tertiary alicyclic amines) is 2. The third-order valence-electron chi connectivity index (χ3n) is 7.88. The fraction of sp³-hybridized carbons (Fsp3) is 0.536. The number of hydrogen-bond donors (Lipinski definition) is 3. The summed E-state index contributed by atoms with van der Waals surface area (Å²) in [6.45, 7) is 9.83. The van der Waals surface area contributed by atoms with Gasteiger partial charge in [0.25, 0.3) is 0 Å². The molecule has 0 bridgehead atoms. The van der Waals surface area contributed by atoms with Gasteiger partial charge in [-0.25, -0.2) is 9.37 Å². The van der Waals surface area contributed by atoms with Crippen molar-refractivity contribution in [2.45, 2.75) is 64.1 Å². The molecule has 39 heavy (non-hydrogen) atoms. The van der Waals surface area contributed by atoms with E-state index in [1.165, 1.54) is 38.1 Å². The van der Waals surface area contributed by atoms with Gasteiger partial charge in [0.1, 0.15) is 11.6 Å². The van der Waals surface area contributed by atoms with Crippen molar-refractivity contribution < 1.29 is 9.50 Å².